The molecule has 0 atom stereocenters. The Morgan fingerprint density at radius 2 is 1.80 bits per heavy atom. The number of hydrogen-bond acceptors (Lipinski definition) is 5. The summed E-state index contributed by atoms with van der Waals surface area (Å²) in [6.07, 6.45) is 1.84. The van der Waals surface area contributed by atoms with Crippen molar-refractivity contribution in [1.82, 2.24) is 20.8 Å². The van der Waals surface area contributed by atoms with Crippen LogP contribution in [0, 0.1) is 0 Å². The van der Waals surface area contributed by atoms with Gasteiger partial charge in [0.05, 0.1) is 6.54 Å². The molecule has 0 aliphatic carbocycles. The summed E-state index contributed by atoms with van der Waals surface area (Å²) in [5.41, 5.74) is 0.190. The molecule has 2 amide bonds. The minimum absolute atomic E-state index is 0.0592. The topological polar surface area (TPSA) is 96.0 Å². The summed E-state index contributed by atoms with van der Waals surface area (Å²) in [6, 6.07) is 3.26. The number of aromatic nitrogens is 2. The molecule has 0 aliphatic rings. The van der Waals surface area contributed by atoms with E-state index in [4.69, 9.17) is 0 Å². The summed E-state index contributed by atoms with van der Waals surface area (Å²) in [4.78, 5) is 23.1. The Balaban J connectivity index is 2.41. The van der Waals surface area contributed by atoms with Crippen molar-refractivity contribution in [2.24, 2.45) is 0 Å². The van der Waals surface area contributed by atoms with Crippen LogP contribution < -0.4 is 16.0 Å². The van der Waals surface area contributed by atoms with Crippen molar-refractivity contribution in [1.29, 1.82) is 0 Å². The summed E-state index contributed by atoms with van der Waals surface area (Å²) in [5.74, 6) is 0.00432. The third-order valence-corrected chi connectivity index (χ3v) is 2.43. The molecule has 0 fully saturated rings. The predicted molar refractivity (Wildman–Crippen MR) is 76.4 cm³/mol. The van der Waals surface area contributed by atoms with Crippen LogP contribution in [0.2, 0.25) is 0 Å². The fourth-order valence-corrected chi connectivity index (χ4v) is 1.38. The van der Waals surface area contributed by atoms with Gasteiger partial charge in [-0.25, -0.2) is 0 Å². The summed E-state index contributed by atoms with van der Waals surface area (Å²) >= 11 is 0. The van der Waals surface area contributed by atoms with Gasteiger partial charge < -0.3 is 16.0 Å². The lowest BCUT2D eigenvalue weighted by molar-refractivity contribution is -0.120. The normalized spacial score (nSPS) is 9.90. The fourth-order valence-electron chi connectivity index (χ4n) is 1.38. The molecule has 0 aliphatic heterocycles. The van der Waals surface area contributed by atoms with E-state index < -0.39 is 5.91 Å². The van der Waals surface area contributed by atoms with Gasteiger partial charge in [0.25, 0.3) is 5.91 Å². The van der Waals surface area contributed by atoms with Crippen LogP contribution in [0.15, 0.2) is 12.1 Å². The SMILES string of the molecule is CCCNC(=O)CNC(=O)c1ccc(NCCC)nn1. The third-order valence-electron chi connectivity index (χ3n) is 2.43. The Morgan fingerprint density at radius 1 is 1.05 bits per heavy atom. The number of carbonyl (C=O) groups is 2. The molecule has 0 radical (unpaired) electrons. The number of carbonyl (C=O) groups excluding carboxylic acids is 2. The van der Waals surface area contributed by atoms with Gasteiger partial charge in [-0.1, -0.05) is 13.8 Å². The Hall–Kier alpha value is -2.18. The predicted octanol–water partition coefficient (Wildman–Crippen LogP) is 0.554. The number of nitrogens with zero attached hydrogens (tertiary/aromatic N) is 2. The first-order valence-electron chi connectivity index (χ1n) is 6.79. The molecule has 0 saturated carbocycles. The second kappa shape index (κ2) is 8.84. The average Bonchev–Trinajstić information content (AvgIpc) is 2.49. The second-order valence-electron chi connectivity index (χ2n) is 4.26. The van der Waals surface area contributed by atoms with E-state index in [-0.39, 0.29) is 18.1 Å². The molecule has 3 N–H and O–H groups in total. The van der Waals surface area contributed by atoms with Crippen LogP contribution in [0.5, 0.6) is 0 Å². The van der Waals surface area contributed by atoms with E-state index in [0.717, 1.165) is 19.4 Å². The lowest BCUT2D eigenvalue weighted by atomic mass is 10.3. The molecular weight excluding hydrogens is 258 g/mol. The van der Waals surface area contributed by atoms with Gasteiger partial charge in [0.1, 0.15) is 5.82 Å². The van der Waals surface area contributed by atoms with E-state index in [1.54, 1.807) is 12.1 Å². The Morgan fingerprint density at radius 3 is 2.40 bits per heavy atom. The minimum Gasteiger partial charge on any atom is -0.369 e. The zero-order valence-electron chi connectivity index (χ0n) is 11.9. The van der Waals surface area contributed by atoms with Crippen LogP contribution >= 0.6 is 0 Å². The Bertz CT molecular complexity index is 433. The fraction of sp³-hybridized carbons (Fsp3) is 0.538. The lowest BCUT2D eigenvalue weighted by Crippen LogP contribution is -2.37. The van der Waals surface area contributed by atoms with Crippen molar-refractivity contribution >= 4 is 17.6 Å². The lowest BCUT2D eigenvalue weighted by Gasteiger charge is -2.06. The molecule has 0 spiro atoms. The first-order chi connectivity index (χ1) is 9.67. The molecule has 0 bridgehead atoms. The van der Waals surface area contributed by atoms with Crippen LogP contribution in [0.4, 0.5) is 5.82 Å². The molecule has 0 aromatic carbocycles. The van der Waals surface area contributed by atoms with E-state index in [1.807, 2.05) is 13.8 Å². The van der Waals surface area contributed by atoms with Gasteiger partial charge in [-0.3, -0.25) is 9.59 Å². The van der Waals surface area contributed by atoms with Gasteiger partial charge >= 0.3 is 0 Å². The maximum Gasteiger partial charge on any atom is 0.272 e. The zero-order valence-corrected chi connectivity index (χ0v) is 11.9. The summed E-state index contributed by atoms with van der Waals surface area (Å²) < 4.78 is 0. The molecule has 1 heterocycles. The molecule has 7 heteroatoms. The van der Waals surface area contributed by atoms with E-state index in [2.05, 4.69) is 26.1 Å². The largest absolute Gasteiger partial charge is 0.369 e. The maximum absolute atomic E-state index is 11.7. The molecule has 1 rings (SSSR count). The van der Waals surface area contributed by atoms with Gasteiger partial charge in [0.2, 0.25) is 5.91 Å². The molecule has 0 unspecified atom stereocenters. The molecular formula is C13H21N5O2. The molecule has 1 aromatic heterocycles. The van der Waals surface area contributed by atoms with E-state index in [9.17, 15) is 9.59 Å². The van der Waals surface area contributed by atoms with Crippen molar-refractivity contribution in [2.75, 3.05) is 25.0 Å². The number of anilines is 1. The van der Waals surface area contributed by atoms with E-state index in [0.29, 0.717) is 12.4 Å². The summed E-state index contributed by atoms with van der Waals surface area (Å²) in [5, 5.41) is 15.9. The van der Waals surface area contributed by atoms with Crippen LogP contribution in [0.3, 0.4) is 0 Å². The zero-order chi connectivity index (χ0) is 14.8. The number of amides is 2. The highest BCUT2D eigenvalue weighted by Crippen LogP contribution is 2.01. The van der Waals surface area contributed by atoms with Gasteiger partial charge in [0.15, 0.2) is 5.69 Å². The van der Waals surface area contributed by atoms with Gasteiger partial charge in [-0.2, -0.15) is 0 Å². The molecule has 20 heavy (non-hydrogen) atoms. The van der Waals surface area contributed by atoms with Crippen LogP contribution in [0.25, 0.3) is 0 Å². The van der Waals surface area contributed by atoms with Gasteiger partial charge in [-0.05, 0) is 25.0 Å². The smallest absolute Gasteiger partial charge is 0.272 e. The second-order valence-corrected chi connectivity index (χ2v) is 4.26. The highest BCUT2D eigenvalue weighted by molar-refractivity contribution is 5.94. The third kappa shape index (κ3) is 5.64. The quantitative estimate of drug-likeness (QED) is 0.646. The molecule has 110 valence electrons. The van der Waals surface area contributed by atoms with Crippen LogP contribution in [-0.4, -0.2) is 41.6 Å². The minimum atomic E-state index is -0.411. The van der Waals surface area contributed by atoms with Crippen molar-refractivity contribution in [3.8, 4) is 0 Å². The van der Waals surface area contributed by atoms with E-state index >= 15 is 0 Å². The first-order valence-corrected chi connectivity index (χ1v) is 6.79. The standard InChI is InChI=1S/C13H21N5O2/c1-3-7-14-11-6-5-10(17-18-11)13(20)16-9-12(19)15-8-4-2/h5-6H,3-4,7-9H2,1-2H3,(H,14,18)(H,15,19)(H,16,20). The van der Waals surface area contributed by atoms with Crippen LogP contribution in [0.1, 0.15) is 37.2 Å². The summed E-state index contributed by atoms with van der Waals surface area (Å²) in [7, 11) is 0. The Kier molecular flexibility index (Phi) is 7.02. The van der Waals surface area contributed by atoms with Crippen molar-refractivity contribution in [2.45, 2.75) is 26.7 Å². The van der Waals surface area contributed by atoms with Crippen molar-refractivity contribution < 1.29 is 9.59 Å². The van der Waals surface area contributed by atoms with Crippen molar-refractivity contribution in [3.63, 3.8) is 0 Å². The average molecular weight is 279 g/mol. The highest BCUT2D eigenvalue weighted by Gasteiger charge is 2.09. The first kappa shape index (κ1) is 15.9. The molecule has 7 nitrogen and oxygen atoms in total. The Labute approximate surface area is 118 Å². The monoisotopic (exact) mass is 279 g/mol. The maximum atomic E-state index is 11.7. The molecule has 0 saturated heterocycles. The van der Waals surface area contributed by atoms with Crippen molar-refractivity contribution in [3.05, 3.63) is 17.8 Å². The number of rotatable bonds is 8. The molecule has 1 aromatic rings. The van der Waals surface area contributed by atoms with Gasteiger partial charge in [-0.15, -0.1) is 10.2 Å². The van der Waals surface area contributed by atoms with E-state index in [1.165, 1.54) is 0 Å². The summed E-state index contributed by atoms with van der Waals surface area (Å²) in [6.45, 7) is 5.36. The number of hydrogen-bond donors (Lipinski definition) is 3. The highest BCUT2D eigenvalue weighted by atomic mass is 16.2. The van der Waals surface area contributed by atoms with Crippen LogP contribution in [-0.2, 0) is 4.79 Å². The number of nitrogens with one attached hydrogen (secondary N) is 3. The van der Waals surface area contributed by atoms with Gasteiger partial charge in [0, 0.05) is 13.1 Å².